The van der Waals surface area contributed by atoms with E-state index in [1.807, 2.05) is 42.5 Å². The van der Waals surface area contributed by atoms with Gasteiger partial charge in [0.15, 0.2) is 5.78 Å². The highest BCUT2D eigenvalue weighted by Gasteiger charge is 2.18. The number of hydrogen-bond donors (Lipinski definition) is 4. The fourth-order valence-corrected chi connectivity index (χ4v) is 3.06. The van der Waals surface area contributed by atoms with Crippen molar-refractivity contribution in [2.45, 2.75) is 6.54 Å². The number of carboxylic acid groups (broad SMARTS) is 1. The number of nitrogens with one attached hydrogen (secondary N) is 3. The molecule has 144 valence electrons. The van der Waals surface area contributed by atoms with E-state index in [4.69, 9.17) is 5.11 Å². The summed E-state index contributed by atoms with van der Waals surface area (Å²) in [6.07, 6.45) is 1.96. The summed E-state index contributed by atoms with van der Waals surface area (Å²) in [5.74, 6) is 0.355. The Morgan fingerprint density at radius 3 is 2.66 bits per heavy atom. The predicted octanol–water partition coefficient (Wildman–Crippen LogP) is 3.70. The Morgan fingerprint density at radius 1 is 1.03 bits per heavy atom. The van der Waals surface area contributed by atoms with Gasteiger partial charge in [0.25, 0.3) is 0 Å². The number of anilines is 2. The van der Waals surface area contributed by atoms with Gasteiger partial charge in [0.2, 0.25) is 0 Å². The van der Waals surface area contributed by atoms with Gasteiger partial charge in [0.05, 0.1) is 10.9 Å². The lowest BCUT2D eigenvalue weighted by Gasteiger charge is -2.10. The lowest BCUT2D eigenvalue weighted by atomic mass is 10.0. The number of aromatic nitrogens is 3. The molecule has 0 unspecified atom stereocenters. The van der Waals surface area contributed by atoms with Gasteiger partial charge in [-0.2, -0.15) is 0 Å². The minimum Gasteiger partial charge on any atom is -0.465 e. The molecule has 0 bridgehead atoms. The first-order valence-corrected chi connectivity index (χ1v) is 8.86. The van der Waals surface area contributed by atoms with E-state index in [0.29, 0.717) is 33.7 Å². The van der Waals surface area contributed by atoms with Crippen molar-refractivity contribution in [2.24, 2.45) is 0 Å². The molecule has 4 rings (SSSR count). The number of ketones is 1. The third-order valence-corrected chi connectivity index (χ3v) is 4.38. The van der Waals surface area contributed by atoms with Crippen molar-refractivity contribution >= 4 is 34.4 Å². The maximum atomic E-state index is 13.0. The molecule has 4 aromatic rings. The molecule has 0 saturated carbocycles. The molecule has 8 nitrogen and oxygen atoms in total. The van der Waals surface area contributed by atoms with Crippen LogP contribution in [0.2, 0.25) is 0 Å². The first-order chi connectivity index (χ1) is 14.1. The number of carbonyl (C=O) groups is 2. The number of fused-ring (bicyclic) bond motifs is 1. The zero-order chi connectivity index (χ0) is 20.2. The second-order valence-corrected chi connectivity index (χ2v) is 6.33. The number of benzene rings is 2. The van der Waals surface area contributed by atoms with Crippen molar-refractivity contribution in [3.05, 3.63) is 83.8 Å². The van der Waals surface area contributed by atoms with Gasteiger partial charge in [-0.25, -0.2) is 14.8 Å². The van der Waals surface area contributed by atoms with E-state index in [0.717, 1.165) is 5.56 Å². The second-order valence-electron chi connectivity index (χ2n) is 6.33. The number of H-pyrrole nitrogens is 1. The molecule has 0 radical (unpaired) electrons. The largest absolute Gasteiger partial charge is 0.465 e. The molecule has 29 heavy (non-hydrogen) atoms. The molecule has 0 atom stereocenters. The van der Waals surface area contributed by atoms with Crippen LogP contribution in [-0.4, -0.2) is 31.9 Å². The van der Waals surface area contributed by atoms with Crippen LogP contribution < -0.4 is 10.6 Å². The lowest BCUT2D eigenvalue weighted by Crippen LogP contribution is -2.19. The predicted molar refractivity (Wildman–Crippen MR) is 108 cm³/mol. The van der Waals surface area contributed by atoms with Gasteiger partial charge in [0.1, 0.15) is 17.8 Å². The molecule has 8 heteroatoms. The van der Waals surface area contributed by atoms with E-state index in [1.165, 1.54) is 6.33 Å². The number of nitrogens with zero attached hydrogens (tertiary/aromatic N) is 2. The van der Waals surface area contributed by atoms with Gasteiger partial charge in [0, 0.05) is 24.0 Å². The van der Waals surface area contributed by atoms with E-state index in [1.54, 1.807) is 18.3 Å². The molecule has 0 aliphatic heterocycles. The van der Waals surface area contributed by atoms with Crippen LogP contribution in [0.1, 0.15) is 21.5 Å². The maximum Gasteiger partial charge on any atom is 0.404 e. The summed E-state index contributed by atoms with van der Waals surface area (Å²) in [5, 5.41) is 14.9. The van der Waals surface area contributed by atoms with Gasteiger partial charge in [-0.05, 0) is 17.7 Å². The summed E-state index contributed by atoms with van der Waals surface area (Å²) in [5.41, 5.74) is 3.10. The highest BCUT2D eigenvalue weighted by molar-refractivity contribution is 6.18. The number of amides is 1. The summed E-state index contributed by atoms with van der Waals surface area (Å²) in [6.45, 7) is 0.186. The molecule has 0 spiro atoms. The zero-order valence-corrected chi connectivity index (χ0v) is 15.2. The van der Waals surface area contributed by atoms with Gasteiger partial charge < -0.3 is 20.7 Å². The summed E-state index contributed by atoms with van der Waals surface area (Å²) in [6, 6.07) is 16.3. The van der Waals surface area contributed by atoms with Gasteiger partial charge in [-0.15, -0.1) is 0 Å². The Morgan fingerprint density at radius 2 is 1.86 bits per heavy atom. The van der Waals surface area contributed by atoms with Crippen LogP contribution >= 0.6 is 0 Å². The first kappa shape index (κ1) is 18.2. The SMILES string of the molecule is O=C(O)NCc1cccc(Nc2ncnc3[nH]cc(C(=O)c4ccccc4)c23)c1. The van der Waals surface area contributed by atoms with Crippen molar-refractivity contribution in [2.75, 3.05) is 5.32 Å². The summed E-state index contributed by atoms with van der Waals surface area (Å²) in [4.78, 5) is 35.2. The van der Waals surface area contributed by atoms with E-state index in [-0.39, 0.29) is 12.3 Å². The topological polar surface area (TPSA) is 120 Å². The summed E-state index contributed by atoms with van der Waals surface area (Å²) >= 11 is 0. The van der Waals surface area contributed by atoms with Crippen molar-refractivity contribution in [3.63, 3.8) is 0 Å². The molecular weight excluding hydrogens is 370 g/mol. The number of hydrogen-bond acceptors (Lipinski definition) is 5. The average molecular weight is 387 g/mol. The van der Waals surface area contributed by atoms with E-state index < -0.39 is 6.09 Å². The third kappa shape index (κ3) is 3.91. The Hall–Kier alpha value is -4.20. The Labute approximate surface area is 165 Å². The molecule has 0 aliphatic carbocycles. The van der Waals surface area contributed by atoms with Crippen LogP contribution in [0.4, 0.5) is 16.3 Å². The van der Waals surface area contributed by atoms with E-state index in [2.05, 4.69) is 25.6 Å². The van der Waals surface area contributed by atoms with Gasteiger partial charge in [-0.3, -0.25) is 4.79 Å². The fourth-order valence-electron chi connectivity index (χ4n) is 3.06. The second kappa shape index (κ2) is 7.81. The molecule has 2 aromatic carbocycles. The van der Waals surface area contributed by atoms with Gasteiger partial charge in [-0.1, -0.05) is 42.5 Å². The minimum atomic E-state index is -1.09. The van der Waals surface area contributed by atoms with E-state index >= 15 is 0 Å². The third-order valence-electron chi connectivity index (χ3n) is 4.38. The van der Waals surface area contributed by atoms with Crippen molar-refractivity contribution < 1.29 is 14.7 Å². The first-order valence-electron chi connectivity index (χ1n) is 8.86. The number of rotatable bonds is 6. The van der Waals surface area contributed by atoms with Gasteiger partial charge >= 0.3 is 6.09 Å². The van der Waals surface area contributed by atoms with Crippen molar-refractivity contribution in [3.8, 4) is 0 Å². The minimum absolute atomic E-state index is 0.130. The lowest BCUT2D eigenvalue weighted by molar-refractivity contribution is 0.104. The van der Waals surface area contributed by atoms with E-state index in [9.17, 15) is 9.59 Å². The maximum absolute atomic E-state index is 13.0. The van der Waals surface area contributed by atoms with Crippen molar-refractivity contribution in [1.29, 1.82) is 0 Å². The summed E-state index contributed by atoms with van der Waals surface area (Å²) < 4.78 is 0. The highest BCUT2D eigenvalue weighted by Crippen LogP contribution is 2.28. The summed E-state index contributed by atoms with van der Waals surface area (Å²) in [7, 11) is 0. The molecule has 1 amide bonds. The zero-order valence-electron chi connectivity index (χ0n) is 15.2. The molecule has 4 N–H and O–H groups in total. The molecular formula is C21H17N5O3. The molecule has 0 saturated heterocycles. The van der Waals surface area contributed by atoms with Crippen LogP contribution in [0.5, 0.6) is 0 Å². The smallest absolute Gasteiger partial charge is 0.404 e. The standard InChI is InChI=1S/C21H17N5O3/c27-18(14-6-2-1-3-7-14)16-11-22-19-17(16)20(25-12-24-19)26-15-8-4-5-13(9-15)10-23-21(28)29/h1-9,11-12,23H,10H2,(H,28,29)(H2,22,24,25,26). The Bertz CT molecular complexity index is 1190. The van der Waals surface area contributed by atoms with Crippen LogP contribution in [-0.2, 0) is 6.54 Å². The molecule has 0 fully saturated rings. The molecule has 0 aliphatic rings. The Balaban J connectivity index is 1.68. The Kier molecular flexibility index (Phi) is 4.90. The average Bonchev–Trinajstić information content (AvgIpc) is 3.18. The molecule has 2 aromatic heterocycles. The van der Waals surface area contributed by atoms with Crippen LogP contribution in [0.25, 0.3) is 11.0 Å². The van der Waals surface area contributed by atoms with Crippen LogP contribution in [0, 0.1) is 0 Å². The van der Waals surface area contributed by atoms with Crippen LogP contribution in [0.3, 0.4) is 0 Å². The fraction of sp³-hybridized carbons (Fsp3) is 0.0476. The van der Waals surface area contributed by atoms with Crippen molar-refractivity contribution in [1.82, 2.24) is 20.3 Å². The number of carbonyl (C=O) groups excluding carboxylic acids is 1. The highest BCUT2D eigenvalue weighted by atomic mass is 16.4. The molecule has 2 heterocycles. The normalized spacial score (nSPS) is 10.6. The quantitative estimate of drug-likeness (QED) is 0.375. The number of aromatic amines is 1. The van der Waals surface area contributed by atoms with Crippen LogP contribution in [0.15, 0.2) is 67.1 Å². The monoisotopic (exact) mass is 387 g/mol.